The molecule has 0 aliphatic heterocycles. The Labute approximate surface area is 408 Å². The van der Waals surface area contributed by atoms with Crippen molar-refractivity contribution in [2.75, 3.05) is 9.80 Å². The third-order valence-corrected chi connectivity index (χ3v) is 16.7. The van der Waals surface area contributed by atoms with Crippen LogP contribution in [0.5, 0.6) is 0 Å². The summed E-state index contributed by atoms with van der Waals surface area (Å²) < 4.78 is 5.13. The minimum absolute atomic E-state index is 0.674. The maximum atomic E-state index is 2.57. The molecule has 4 aromatic heterocycles. The molecule has 70 heavy (non-hydrogen) atoms. The van der Waals surface area contributed by atoms with Gasteiger partial charge in [-0.15, -0.1) is 0 Å². The van der Waals surface area contributed by atoms with E-state index in [1.165, 1.54) is 163 Å². The van der Waals surface area contributed by atoms with Gasteiger partial charge in [0.05, 0.1) is 33.1 Å². The topological polar surface area (TPSA) is 15.3 Å². The van der Waals surface area contributed by atoms with Gasteiger partial charge in [-0.05, 0) is 134 Å². The van der Waals surface area contributed by atoms with Gasteiger partial charge in [-0.3, -0.25) is 0 Å². The molecule has 0 bridgehead atoms. The third kappa shape index (κ3) is 6.08. The number of hydrogen-bond acceptors (Lipinski definition) is 2. The summed E-state index contributed by atoms with van der Waals surface area (Å²) in [4.78, 5) is 4.88. The second-order valence-corrected chi connectivity index (χ2v) is 20.6. The van der Waals surface area contributed by atoms with E-state index >= 15 is 0 Å². The maximum absolute atomic E-state index is 2.57. The Bertz CT molecular complexity index is 3790. The number of anilines is 6. The number of rotatable bonds is 8. The smallest absolute Gasteiger partial charge is 0.0620 e. The predicted octanol–water partition coefficient (Wildman–Crippen LogP) is 19.0. The van der Waals surface area contributed by atoms with Crippen molar-refractivity contribution in [3.63, 3.8) is 0 Å². The van der Waals surface area contributed by atoms with Gasteiger partial charge in [-0.1, -0.05) is 148 Å². The second-order valence-electron chi connectivity index (χ2n) is 20.6. The van der Waals surface area contributed by atoms with E-state index in [9.17, 15) is 0 Å². The fourth-order valence-corrected chi connectivity index (χ4v) is 13.4. The molecular weight excluding hydrogens is 849 g/mol. The first-order valence-corrected chi connectivity index (χ1v) is 26.0. The largest absolute Gasteiger partial charge is 0.310 e. The van der Waals surface area contributed by atoms with Gasteiger partial charge in [0.1, 0.15) is 0 Å². The number of para-hydroxylation sites is 4. The van der Waals surface area contributed by atoms with Crippen LogP contribution in [0.25, 0.3) is 76.2 Å². The first-order chi connectivity index (χ1) is 34.7. The first kappa shape index (κ1) is 40.1. The van der Waals surface area contributed by atoms with E-state index in [-0.39, 0.29) is 0 Å². The summed E-state index contributed by atoms with van der Waals surface area (Å²) in [5, 5.41) is 10.3. The van der Waals surface area contributed by atoms with E-state index in [0.29, 0.717) is 11.8 Å². The zero-order chi connectivity index (χ0) is 45.9. The molecule has 4 heterocycles. The molecule has 4 nitrogen and oxygen atoms in total. The van der Waals surface area contributed by atoms with E-state index in [2.05, 4.69) is 213 Å². The van der Waals surface area contributed by atoms with Crippen molar-refractivity contribution in [1.82, 2.24) is 8.80 Å². The lowest BCUT2D eigenvalue weighted by Gasteiger charge is -2.27. The molecule has 0 N–H and O–H groups in total. The van der Waals surface area contributed by atoms with E-state index in [1.807, 2.05) is 0 Å². The number of aromatic nitrogens is 2. The number of hydrogen-bond donors (Lipinski definition) is 0. The highest BCUT2D eigenvalue weighted by atomic mass is 15.1. The molecule has 0 atom stereocenters. The van der Waals surface area contributed by atoms with Crippen LogP contribution in [-0.2, 0) is 0 Å². The normalized spacial score (nSPS) is 15.3. The van der Waals surface area contributed by atoms with Crippen molar-refractivity contribution in [2.45, 2.75) is 76.0 Å². The Morgan fingerprint density at radius 3 is 1.01 bits per heavy atom. The van der Waals surface area contributed by atoms with Crippen LogP contribution in [0.1, 0.15) is 87.2 Å². The summed E-state index contributed by atoms with van der Waals surface area (Å²) in [7, 11) is 0. The minimum Gasteiger partial charge on any atom is -0.310 e. The summed E-state index contributed by atoms with van der Waals surface area (Å²) in [5.74, 6) is 1.35. The molecule has 0 amide bonds. The third-order valence-electron chi connectivity index (χ3n) is 16.7. The Balaban J connectivity index is 0.910. The van der Waals surface area contributed by atoms with Crippen LogP contribution in [0, 0.1) is 0 Å². The molecule has 4 heteroatoms. The number of nitrogens with zero attached hydrogens (tertiary/aromatic N) is 4. The average Bonchev–Trinajstić information content (AvgIpc) is 4.15. The van der Waals surface area contributed by atoms with Crippen LogP contribution in [-0.4, -0.2) is 8.80 Å². The van der Waals surface area contributed by atoms with E-state index in [1.54, 1.807) is 0 Å². The highest BCUT2D eigenvalue weighted by Crippen LogP contribution is 2.48. The van der Waals surface area contributed by atoms with Crippen molar-refractivity contribution in [3.8, 4) is 0 Å². The summed E-state index contributed by atoms with van der Waals surface area (Å²) >= 11 is 0. The Kier molecular flexibility index (Phi) is 9.09. The zero-order valence-corrected chi connectivity index (χ0v) is 39.5. The second kappa shape index (κ2) is 15.9. The first-order valence-electron chi connectivity index (χ1n) is 26.0. The van der Waals surface area contributed by atoms with Gasteiger partial charge >= 0.3 is 0 Å². The van der Waals surface area contributed by atoms with Gasteiger partial charge < -0.3 is 18.6 Å². The van der Waals surface area contributed by atoms with E-state index in [4.69, 9.17) is 0 Å². The van der Waals surface area contributed by atoms with Crippen LogP contribution in [0.4, 0.5) is 34.1 Å². The Hall–Kier alpha value is -7.82. The van der Waals surface area contributed by atoms with Crippen LogP contribution in [0.2, 0.25) is 0 Å². The molecule has 2 aliphatic rings. The molecule has 0 saturated heterocycles. The van der Waals surface area contributed by atoms with Crippen LogP contribution in [0.3, 0.4) is 0 Å². The lowest BCUT2D eigenvalue weighted by Crippen LogP contribution is -2.10. The molecule has 2 fully saturated rings. The van der Waals surface area contributed by atoms with Gasteiger partial charge in [-0.2, -0.15) is 0 Å². The molecule has 13 aromatic rings. The highest BCUT2D eigenvalue weighted by molar-refractivity contribution is 6.29. The van der Waals surface area contributed by atoms with Gasteiger partial charge in [0.2, 0.25) is 0 Å². The van der Waals surface area contributed by atoms with Gasteiger partial charge in [0.25, 0.3) is 0 Å². The number of fused-ring (bicyclic) bond motifs is 12. The van der Waals surface area contributed by atoms with Gasteiger partial charge in [0.15, 0.2) is 0 Å². The van der Waals surface area contributed by atoms with Crippen LogP contribution >= 0.6 is 0 Å². The molecular formula is C66H54N4. The van der Waals surface area contributed by atoms with Crippen LogP contribution in [0.15, 0.2) is 194 Å². The summed E-state index contributed by atoms with van der Waals surface area (Å²) in [6, 6.07) is 73.8. The fraction of sp³-hybridized carbons (Fsp3) is 0.182. The summed E-state index contributed by atoms with van der Waals surface area (Å²) in [6.07, 6.45) is 13.3. The standard InChI is InChI=1S/C66H54N4/c1-5-15-43(16-6-1)45-27-31-49(32-28-45)67(47-19-9-3-10-20-47)51-35-37-53-55-23-13-25-57-59-42-64-60(41-63(59)69(65(55)57)61(53)39-51)58-26-14-24-56-54-38-36-52(40-62(54)70(64)66(56)58)68(48-21-11-4-12-22-48)50-33-29-46(30-34-50)44-17-7-2-8-18-44/h3-4,9-14,19-44H,1-2,5-8,15-18H2. The molecule has 15 rings (SSSR count). The monoisotopic (exact) mass is 902 g/mol. The Morgan fingerprint density at radius 1 is 0.271 bits per heavy atom. The van der Waals surface area contributed by atoms with Crippen molar-refractivity contribution in [2.24, 2.45) is 0 Å². The maximum Gasteiger partial charge on any atom is 0.0620 e. The van der Waals surface area contributed by atoms with Crippen molar-refractivity contribution in [3.05, 3.63) is 205 Å². The molecule has 0 radical (unpaired) electrons. The summed E-state index contributed by atoms with van der Waals surface area (Å²) in [5.41, 5.74) is 17.5. The average molecular weight is 903 g/mol. The van der Waals surface area contributed by atoms with E-state index < -0.39 is 0 Å². The molecule has 2 saturated carbocycles. The predicted molar refractivity (Wildman–Crippen MR) is 297 cm³/mol. The number of benzene rings is 9. The minimum atomic E-state index is 0.674. The Morgan fingerprint density at radius 2 is 0.614 bits per heavy atom. The lowest BCUT2D eigenvalue weighted by molar-refractivity contribution is 0.443. The van der Waals surface area contributed by atoms with Gasteiger partial charge in [0, 0.05) is 77.2 Å². The SMILES string of the molecule is c1ccc(N(c2ccc(C3CCCCC3)cc2)c2ccc3c4cccc5c6cc7c(cc6n(c3c2)c45)c2cccc3c4ccc(N(c5ccccc5)c5ccc(C6CCCCC6)cc5)cc4n7c32)cc1. The van der Waals surface area contributed by atoms with Crippen molar-refractivity contribution < 1.29 is 0 Å². The molecule has 0 spiro atoms. The van der Waals surface area contributed by atoms with E-state index in [0.717, 1.165) is 22.7 Å². The quantitative estimate of drug-likeness (QED) is 0.151. The zero-order valence-electron chi connectivity index (χ0n) is 39.5. The lowest BCUT2D eigenvalue weighted by atomic mass is 9.84. The van der Waals surface area contributed by atoms with Crippen molar-refractivity contribution in [1.29, 1.82) is 0 Å². The van der Waals surface area contributed by atoms with Crippen LogP contribution < -0.4 is 9.80 Å². The summed E-state index contributed by atoms with van der Waals surface area (Å²) in [6.45, 7) is 0. The van der Waals surface area contributed by atoms with Gasteiger partial charge in [-0.25, -0.2) is 0 Å². The fourth-order valence-electron chi connectivity index (χ4n) is 13.4. The highest BCUT2D eigenvalue weighted by Gasteiger charge is 2.25. The molecule has 338 valence electrons. The molecule has 9 aromatic carbocycles. The molecule has 2 aliphatic carbocycles. The molecule has 0 unspecified atom stereocenters. The van der Waals surface area contributed by atoms with Crippen molar-refractivity contribution >= 4 is 110 Å².